The predicted molar refractivity (Wildman–Crippen MR) is 71.6 cm³/mol. The average molecular weight is 249 g/mol. The largest absolute Gasteiger partial charge is 0.504 e. The van der Waals surface area contributed by atoms with Crippen molar-refractivity contribution in [3.05, 3.63) is 29.8 Å². The zero-order valence-electron chi connectivity index (χ0n) is 10.9. The molecule has 1 aromatic rings. The number of phenols is 1. The molecule has 0 fully saturated rings. The Labute approximate surface area is 107 Å². The highest BCUT2D eigenvalue weighted by Gasteiger charge is 2.03. The van der Waals surface area contributed by atoms with Crippen LogP contribution in [0.2, 0.25) is 0 Å². The molecule has 0 spiro atoms. The number of methoxy groups -OCH3 is 1. The molecule has 0 saturated heterocycles. The molecule has 0 aromatic heterocycles. The maximum absolute atomic E-state index is 11.5. The molecule has 1 amide bonds. The van der Waals surface area contributed by atoms with Crippen LogP contribution < -0.4 is 10.1 Å². The molecule has 0 aliphatic heterocycles. The second-order valence-corrected chi connectivity index (χ2v) is 4.08. The number of phenolic OH excluding ortho intramolecular Hbond substituents is 1. The van der Waals surface area contributed by atoms with Gasteiger partial charge in [0.25, 0.3) is 0 Å². The lowest BCUT2D eigenvalue weighted by Gasteiger charge is -2.08. The summed E-state index contributed by atoms with van der Waals surface area (Å²) < 4.78 is 4.99. The van der Waals surface area contributed by atoms with Crippen LogP contribution in [0.15, 0.2) is 24.3 Å². The number of benzene rings is 1. The molecule has 1 aromatic carbocycles. The summed E-state index contributed by atoms with van der Waals surface area (Å²) in [4.78, 5) is 11.5. The van der Waals surface area contributed by atoms with E-state index >= 15 is 0 Å². The Kier molecular flexibility index (Phi) is 5.24. The zero-order chi connectivity index (χ0) is 13.5. The molecule has 0 aliphatic rings. The van der Waals surface area contributed by atoms with Gasteiger partial charge < -0.3 is 15.2 Å². The van der Waals surface area contributed by atoms with E-state index in [9.17, 15) is 9.90 Å². The van der Waals surface area contributed by atoms with Crippen molar-refractivity contribution in [3.63, 3.8) is 0 Å². The average Bonchev–Trinajstić information content (AvgIpc) is 2.37. The van der Waals surface area contributed by atoms with Crippen LogP contribution in [-0.2, 0) is 4.79 Å². The van der Waals surface area contributed by atoms with E-state index in [0.717, 1.165) is 12.0 Å². The number of hydrogen-bond donors (Lipinski definition) is 2. The smallest absolute Gasteiger partial charge is 0.244 e. The van der Waals surface area contributed by atoms with Crippen LogP contribution in [0, 0.1) is 0 Å². The molecule has 1 rings (SSSR count). The molecule has 2 N–H and O–H groups in total. The summed E-state index contributed by atoms with van der Waals surface area (Å²) in [6.45, 7) is 3.97. The van der Waals surface area contributed by atoms with Crippen LogP contribution in [-0.4, -0.2) is 24.2 Å². The van der Waals surface area contributed by atoms with Gasteiger partial charge in [0, 0.05) is 12.1 Å². The van der Waals surface area contributed by atoms with Gasteiger partial charge in [0.05, 0.1) is 7.11 Å². The monoisotopic (exact) mass is 249 g/mol. The van der Waals surface area contributed by atoms with Crippen LogP contribution in [0.4, 0.5) is 0 Å². The van der Waals surface area contributed by atoms with Gasteiger partial charge >= 0.3 is 0 Å². The van der Waals surface area contributed by atoms with E-state index < -0.39 is 0 Å². The summed E-state index contributed by atoms with van der Waals surface area (Å²) >= 11 is 0. The summed E-state index contributed by atoms with van der Waals surface area (Å²) in [5.74, 6) is 0.342. The van der Waals surface area contributed by atoms with Crippen molar-refractivity contribution in [1.82, 2.24) is 5.32 Å². The predicted octanol–water partition coefficient (Wildman–Crippen LogP) is 2.33. The van der Waals surface area contributed by atoms with Crippen molar-refractivity contribution in [1.29, 1.82) is 0 Å². The van der Waals surface area contributed by atoms with Gasteiger partial charge in [-0.05, 0) is 37.1 Å². The van der Waals surface area contributed by atoms with E-state index in [-0.39, 0.29) is 17.7 Å². The third kappa shape index (κ3) is 4.13. The minimum absolute atomic E-state index is 0.0821. The number of nitrogens with one attached hydrogen (secondary N) is 1. The highest BCUT2D eigenvalue weighted by molar-refractivity contribution is 5.91. The van der Waals surface area contributed by atoms with Crippen LogP contribution in [0.25, 0.3) is 6.08 Å². The molecule has 4 heteroatoms. The first-order valence-corrected chi connectivity index (χ1v) is 5.92. The van der Waals surface area contributed by atoms with Crippen molar-refractivity contribution >= 4 is 12.0 Å². The first kappa shape index (κ1) is 14.1. The molecule has 1 atom stereocenters. The fourth-order valence-electron chi connectivity index (χ4n) is 1.36. The Morgan fingerprint density at radius 2 is 2.28 bits per heavy atom. The molecular formula is C14H19NO3. The Morgan fingerprint density at radius 3 is 2.89 bits per heavy atom. The van der Waals surface area contributed by atoms with Gasteiger partial charge in [0.2, 0.25) is 5.91 Å². The molecule has 0 bridgehead atoms. The molecular weight excluding hydrogens is 230 g/mol. The Bertz CT molecular complexity index is 441. The van der Waals surface area contributed by atoms with E-state index in [1.165, 1.54) is 19.3 Å². The Balaban J connectivity index is 2.69. The highest BCUT2D eigenvalue weighted by Crippen LogP contribution is 2.26. The second-order valence-electron chi connectivity index (χ2n) is 4.08. The van der Waals surface area contributed by atoms with Gasteiger partial charge in [-0.1, -0.05) is 13.0 Å². The number of carbonyl (C=O) groups excluding carboxylic acids is 1. The van der Waals surface area contributed by atoms with Crippen LogP contribution in [0.1, 0.15) is 25.8 Å². The third-order valence-corrected chi connectivity index (χ3v) is 2.63. The zero-order valence-corrected chi connectivity index (χ0v) is 10.9. The molecule has 0 saturated carbocycles. The van der Waals surface area contributed by atoms with Crippen molar-refractivity contribution in [2.75, 3.05) is 7.11 Å². The minimum atomic E-state index is -0.128. The standard InChI is InChI=1S/C14H19NO3/c1-4-10(2)15-14(17)8-6-11-5-7-12(16)13(9-11)18-3/h5-10,16H,4H2,1-3H3,(H,15,17)/b8-6+. The summed E-state index contributed by atoms with van der Waals surface area (Å²) in [7, 11) is 1.48. The van der Waals surface area contributed by atoms with E-state index in [2.05, 4.69) is 5.32 Å². The SMILES string of the molecule is CCC(C)NC(=O)/C=C/c1ccc(O)c(OC)c1. The highest BCUT2D eigenvalue weighted by atomic mass is 16.5. The summed E-state index contributed by atoms with van der Waals surface area (Å²) in [5, 5.41) is 12.3. The van der Waals surface area contributed by atoms with Crippen LogP contribution in [0.3, 0.4) is 0 Å². The van der Waals surface area contributed by atoms with Gasteiger partial charge in [-0.25, -0.2) is 0 Å². The van der Waals surface area contributed by atoms with Gasteiger partial charge in [-0.2, -0.15) is 0 Å². The maximum Gasteiger partial charge on any atom is 0.244 e. The number of ether oxygens (including phenoxy) is 1. The molecule has 4 nitrogen and oxygen atoms in total. The molecule has 18 heavy (non-hydrogen) atoms. The number of amides is 1. The van der Waals surface area contributed by atoms with Crippen molar-refractivity contribution in [2.45, 2.75) is 26.3 Å². The maximum atomic E-state index is 11.5. The van der Waals surface area contributed by atoms with Crippen molar-refractivity contribution in [3.8, 4) is 11.5 Å². The number of hydrogen-bond acceptors (Lipinski definition) is 3. The van der Waals surface area contributed by atoms with E-state index in [1.54, 1.807) is 18.2 Å². The lowest BCUT2D eigenvalue weighted by molar-refractivity contribution is -0.117. The van der Waals surface area contributed by atoms with Gasteiger partial charge in [-0.15, -0.1) is 0 Å². The topological polar surface area (TPSA) is 58.6 Å². The fraction of sp³-hybridized carbons (Fsp3) is 0.357. The number of rotatable bonds is 5. The Morgan fingerprint density at radius 1 is 1.56 bits per heavy atom. The van der Waals surface area contributed by atoms with E-state index in [1.807, 2.05) is 13.8 Å². The summed E-state index contributed by atoms with van der Waals surface area (Å²) in [6.07, 6.45) is 4.05. The number of carbonyl (C=O) groups is 1. The summed E-state index contributed by atoms with van der Waals surface area (Å²) in [5.41, 5.74) is 0.795. The minimum Gasteiger partial charge on any atom is -0.504 e. The Hall–Kier alpha value is -1.97. The summed E-state index contributed by atoms with van der Waals surface area (Å²) in [6, 6.07) is 5.08. The lowest BCUT2D eigenvalue weighted by atomic mass is 10.2. The van der Waals surface area contributed by atoms with Gasteiger partial charge in [0.1, 0.15) is 0 Å². The normalized spacial score (nSPS) is 12.4. The quantitative estimate of drug-likeness (QED) is 0.787. The van der Waals surface area contributed by atoms with E-state index in [0.29, 0.717) is 5.75 Å². The fourth-order valence-corrected chi connectivity index (χ4v) is 1.36. The van der Waals surface area contributed by atoms with Crippen LogP contribution in [0.5, 0.6) is 11.5 Å². The van der Waals surface area contributed by atoms with Gasteiger partial charge in [-0.3, -0.25) is 4.79 Å². The molecule has 98 valence electrons. The molecule has 0 aliphatic carbocycles. The third-order valence-electron chi connectivity index (χ3n) is 2.63. The second kappa shape index (κ2) is 6.69. The lowest BCUT2D eigenvalue weighted by Crippen LogP contribution is -2.30. The first-order chi connectivity index (χ1) is 8.56. The van der Waals surface area contributed by atoms with Crippen molar-refractivity contribution < 1.29 is 14.6 Å². The van der Waals surface area contributed by atoms with E-state index in [4.69, 9.17) is 4.74 Å². The van der Waals surface area contributed by atoms with Crippen LogP contribution >= 0.6 is 0 Å². The van der Waals surface area contributed by atoms with Crippen molar-refractivity contribution in [2.24, 2.45) is 0 Å². The first-order valence-electron chi connectivity index (χ1n) is 5.92. The molecule has 0 heterocycles. The molecule has 1 unspecified atom stereocenters. The number of aromatic hydroxyl groups is 1. The van der Waals surface area contributed by atoms with Gasteiger partial charge in [0.15, 0.2) is 11.5 Å². The molecule has 0 radical (unpaired) electrons.